The molecular formula is C2H4Se2-2. The maximum atomic E-state index is 2.86. The predicted octanol–water partition coefficient (Wildman–Crippen LogP) is 0.160. The van der Waals surface area contributed by atoms with Gasteiger partial charge in [-0.25, -0.2) is 0 Å². The van der Waals surface area contributed by atoms with Crippen LogP contribution in [0.3, 0.4) is 0 Å². The second-order valence-electron chi connectivity index (χ2n) is 0.408. The van der Waals surface area contributed by atoms with Crippen molar-refractivity contribution in [2.45, 2.75) is 10.6 Å². The van der Waals surface area contributed by atoms with Crippen LogP contribution in [-0.4, -0.2) is 32.0 Å². The van der Waals surface area contributed by atoms with Crippen LogP contribution >= 0.6 is 0 Å². The molecule has 0 spiro atoms. The molecule has 0 rings (SSSR count). The summed E-state index contributed by atoms with van der Waals surface area (Å²) in [6.45, 7) is 0. The molecule has 0 nitrogen and oxygen atoms in total. The zero-order valence-corrected chi connectivity index (χ0v) is 5.66. The quantitative estimate of drug-likeness (QED) is 0.511. The monoisotopic (exact) mass is 188 g/mol. The molecule has 0 atom stereocenters. The van der Waals surface area contributed by atoms with Crippen LogP contribution in [0.1, 0.15) is 0 Å². The SMILES string of the molecule is [Se-]CC[Se-]. The van der Waals surface area contributed by atoms with Crippen molar-refractivity contribution in [1.82, 2.24) is 0 Å². The second-order valence-corrected chi connectivity index (χ2v) is 2.12. The van der Waals surface area contributed by atoms with E-state index in [1.807, 2.05) is 0 Å². The Labute approximate surface area is 43.0 Å². The van der Waals surface area contributed by atoms with Gasteiger partial charge in [-0.1, -0.05) is 0 Å². The second kappa shape index (κ2) is 4.04. The molecule has 0 fully saturated rings. The third kappa shape index (κ3) is 3.04. The van der Waals surface area contributed by atoms with Crippen molar-refractivity contribution in [3.05, 3.63) is 0 Å². The Morgan fingerprint density at radius 2 is 1.25 bits per heavy atom. The Morgan fingerprint density at radius 3 is 1.25 bits per heavy atom. The summed E-state index contributed by atoms with van der Waals surface area (Å²) in [5.41, 5.74) is 0. The minimum atomic E-state index is 1.14. The van der Waals surface area contributed by atoms with Crippen molar-refractivity contribution >= 4 is 32.0 Å². The van der Waals surface area contributed by atoms with E-state index in [9.17, 15) is 0 Å². The summed E-state index contributed by atoms with van der Waals surface area (Å²) in [7, 11) is 0. The van der Waals surface area contributed by atoms with E-state index in [0.717, 1.165) is 10.6 Å². The van der Waals surface area contributed by atoms with Crippen LogP contribution in [0.4, 0.5) is 0 Å². The van der Waals surface area contributed by atoms with Crippen molar-refractivity contribution in [2.75, 3.05) is 0 Å². The Hall–Kier alpha value is 1.04. The molecule has 0 aliphatic heterocycles. The average molecular weight is 186 g/mol. The summed E-state index contributed by atoms with van der Waals surface area (Å²) >= 11 is 5.72. The minimum absolute atomic E-state index is 1.14. The molecule has 0 aromatic heterocycles. The Kier molecular flexibility index (Phi) is 5.09. The normalized spacial score (nSPS) is 7.50. The molecule has 0 heterocycles. The molecule has 0 radical (unpaired) electrons. The fraction of sp³-hybridized carbons (Fsp3) is 1.00. The van der Waals surface area contributed by atoms with Crippen LogP contribution < -0.4 is 0 Å². The van der Waals surface area contributed by atoms with E-state index in [4.69, 9.17) is 0 Å². The standard InChI is InChI=1S/C2H6Se2/c3-1-2-4/h3-4H,1-2H2/p-2. The van der Waals surface area contributed by atoms with E-state index in [1.165, 1.54) is 0 Å². The van der Waals surface area contributed by atoms with Gasteiger partial charge in [0.05, 0.1) is 0 Å². The van der Waals surface area contributed by atoms with Crippen molar-refractivity contribution < 1.29 is 0 Å². The number of hydrogen-bond acceptors (Lipinski definition) is 0. The molecule has 0 unspecified atom stereocenters. The van der Waals surface area contributed by atoms with E-state index < -0.39 is 0 Å². The van der Waals surface area contributed by atoms with Gasteiger partial charge in [0.15, 0.2) is 0 Å². The fourth-order valence-corrected chi connectivity index (χ4v) is 0. The van der Waals surface area contributed by atoms with Gasteiger partial charge in [0.25, 0.3) is 0 Å². The zero-order valence-electron chi connectivity index (χ0n) is 2.23. The van der Waals surface area contributed by atoms with Crippen LogP contribution in [-0.2, 0) is 0 Å². The van der Waals surface area contributed by atoms with E-state index in [2.05, 4.69) is 32.0 Å². The van der Waals surface area contributed by atoms with Crippen LogP contribution in [0, 0.1) is 0 Å². The van der Waals surface area contributed by atoms with Gasteiger partial charge in [0, 0.05) is 0 Å². The van der Waals surface area contributed by atoms with Gasteiger partial charge in [0.1, 0.15) is 0 Å². The molecule has 0 aliphatic rings. The number of hydrogen-bond donors (Lipinski definition) is 0. The summed E-state index contributed by atoms with van der Waals surface area (Å²) in [6.07, 6.45) is 0. The van der Waals surface area contributed by atoms with Crippen molar-refractivity contribution in [3.8, 4) is 0 Å². The van der Waals surface area contributed by atoms with Gasteiger partial charge in [0.2, 0.25) is 0 Å². The summed E-state index contributed by atoms with van der Waals surface area (Å²) in [5.74, 6) is 0. The molecule has 0 saturated carbocycles. The molecule has 0 aliphatic carbocycles. The summed E-state index contributed by atoms with van der Waals surface area (Å²) in [5, 5.41) is 2.28. The van der Waals surface area contributed by atoms with E-state index in [-0.39, 0.29) is 0 Å². The molecule has 0 aromatic rings. The van der Waals surface area contributed by atoms with Crippen LogP contribution in [0.5, 0.6) is 0 Å². The number of rotatable bonds is 1. The topological polar surface area (TPSA) is 0 Å². The van der Waals surface area contributed by atoms with Crippen LogP contribution in [0.15, 0.2) is 0 Å². The molecule has 0 amide bonds. The molecule has 0 aromatic carbocycles. The molecule has 0 saturated heterocycles. The van der Waals surface area contributed by atoms with Crippen molar-refractivity contribution in [2.24, 2.45) is 0 Å². The maximum absolute atomic E-state index is 2.86. The molecular weight excluding hydrogens is 182 g/mol. The Balaban J connectivity index is 1.97. The first-order chi connectivity index (χ1) is 1.91. The first kappa shape index (κ1) is 5.04. The van der Waals surface area contributed by atoms with E-state index in [0.29, 0.717) is 0 Å². The molecule has 4 heavy (non-hydrogen) atoms. The molecule has 26 valence electrons. The van der Waals surface area contributed by atoms with Crippen LogP contribution in [0.2, 0.25) is 10.6 Å². The first-order valence-corrected chi connectivity index (χ1v) is 3.50. The van der Waals surface area contributed by atoms with Crippen molar-refractivity contribution in [1.29, 1.82) is 0 Å². The summed E-state index contributed by atoms with van der Waals surface area (Å²) in [6, 6.07) is 0. The van der Waals surface area contributed by atoms with E-state index in [1.54, 1.807) is 0 Å². The fourth-order valence-electron chi connectivity index (χ4n) is 0. The summed E-state index contributed by atoms with van der Waals surface area (Å²) < 4.78 is 0. The molecule has 2 heteroatoms. The first-order valence-electron chi connectivity index (χ1n) is 1.08. The van der Waals surface area contributed by atoms with Gasteiger partial charge in [-0.2, -0.15) is 0 Å². The van der Waals surface area contributed by atoms with E-state index >= 15 is 0 Å². The van der Waals surface area contributed by atoms with Gasteiger partial charge in [-0.05, 0) is 0 Å². The third-order valence-electron chi connectivity index (χ3n) is 0.0833. The van der Waals surface area contributed by atoms with Gasteiger partial charge < -0.3 is 0 Å². The average Bonchev–Trinajstić information content (AvgIpc) is 1.37. The van der Waals surface area contributed by atoms with Gasteiger partial charge >= 0.3 is 42.7 Å². The summed E-state index contributed by atoms with van der Waals surface area (Å²) in [4.78, 5) is 0. The Bertz CT molecular complexity index is 6.00. The molecule has 0 bridgehead atoms. The zero-order chi connectivity index (χ0) is 3.41. The van der Waals surface area contributed by atoms with Crippen molar-refractivity contribution in [3.63, 3.8) is 0 Å². The van der Waals surface area contributed by atoms with Crippen LogP contribution in [0.25, 0.3) is 0 Å². The third-order valence-corrected chi connectivity index (χ3v) is 2.25. The van der Waals surface area contributed by atoms with Gasteiger partial charge in [-0.15, -0.1) is 0 Å². The molecule has 0 N–H and O–H groups in total. The Morgan fingerprint density at radius 1 is 1.00 bits per heavy atom. The van der Waals surface area contributed by atoms with Gasteiger partial charge in [-0.3, -0.25) is 0 Å². The predicted molar refractivity (Wildman–Crippen MR) is 21.1 cm³/mol.